The van der Waals surface area contributed by atoms with Crippen LogP contribution in [0.2, 0.25) is 0 Å². The summed E-state index contributed by atoms with van der Waals surface area (Å²) in [6, 6.07) is 0. The average molecular weight is 237 g/mol. The Hall–Kier alpha value is -1.36. The smallest absolute Gasteiger partial charge is 0.273 e. The fraction of sp³-hybridized carbons (Fsp3) is 0.667. The van der Waals surface area contributed by atoms with E-state index in [1.807, 2.05) is 17.8 Å². The lowest BCUT2D eigenvalue weighted by atomic mass is 10.3. The van der Waals surface area contributed by atoms with Crippen LogP contribution in [0.5, 0.6) is 0 Å². The van der Waals surface area contributed by atoms with Crippen molar-refractivity contribution in [2.75, 3.05) is 20.2 Å². The monoisotopic (exact) mass is 237 g/mol. The number of nitrogens with zero attached hydrogens (tertiary/aromatic N) is 3. The Balaban J connectivity index is 2.06. The number of carbonyl (C=O) groups excluding carboxylic acids is 1. The highest BCUT2D eigenvalue weighted by Crippen LogP contribution is 2.11. The van der Waals surface area contributed by atoms with Crippen LogP contribution in [0.15, 0.2) is 6.20 Å². The summed E-state index contributed by atoms with van der Waals surface area (Å²) in [5, 5.41) is 0. The summed E-state index contributed by atoms with van der Waals surface area (Å²) < 4.78 is 7.31. The highest BCUT2D eigenvalue weighted by molar-refractivity contribution is 5.92. The number of aromatic nitrogens is 2. The summed E-state index contributed by atoms with van der Waals surface area (Å²) in [4.78, 5) is 18.1. The van der Waals surface area contributed by atoms with Crippen LogP contribution in [0.4, 0.5) is 0 Å². The summed E-state index contributed by atoms with van der Waals surface area (Å²) in [5.41, 5.74) is 0.532. The van der Waals surface area contributed by atoms with E-state index in [0.29, 0.717) is 18.9 Å². The molecule has 1 aromatic heterocycles. The molecule has 17 heavy (non-hydrogen) atoms. The maximum atomic E-state index is 12.1. The number of carbonyl (C=O) groups is 1. The molecule has 94 valence electrons. The molecule has 5 nitrogen and oxygen atoms in total. The van der Waals surface area contributed by atoms with Gasteiger partial charge in [0.05, 0.1) is 6.61 Å². The van der Waals surface area contributed by atoms with Crippen molar-refractivity contribution >= 4 is 5.91 Å². The highest BCUT2D eigenvalue weighted by atomic mass is 16.5. The third-order valence-electron chi connectivity index (χ3n) is 2.98. The molecule has 0 aliphatic carbocycles. The molecule has 1 aromatic rings. The van der Waals surface area contributed by atoms with E-state index in [1.54, 1.807) is 4.90 Å². The van der Waals surface area contributed by atoms with Crippen molar-refractivity contribution < 1.29 is 9.53 Å². The van der Waals surface area contributed by atoms with Gasteiger partial charge in [-0.3, -0.25) is 4.79 Å². The number of ether oxygens (including phenoxy) is 1. The number of fused-ring (bicyclic) bond motifs is 1. The van der Waals surface area contributed by atoms with E-state index in [9.17, 15) is 4.79 Å². The largest absolute Gasteiger partial charge is 0.372 e. The van der Waals surface area contributed by atoms with E-state index in [1.165, 1.54) is 0 Å². The third-order valence-corrected chi connectivity index (χ3v) is 2.98. The van der Waals surface area contributed by atoms with Crippen molar-refractivity contribution in [3.05, 3.63) is 17.7 Å². The number of amides is 1. The molecule has 0 N–H and O–H groups in total. The molecule has 0 bridgehead atoms. The van der Waals surface area contributed by atoms with Crippen LogP contribution in [0.3, 0.4) is 0 Å². The Morgan fingerprint density at radius 1 is 1.65 bits per heavy atom. The van der Waals surface area contributed by atoms with Crippen molar-refractivity contribution in [2.24, 2.45) is 0 Å². The second-order valence-corrected chi connectivity index (χ2v) is 4.37. The Kier molecular flexibility index (Phi) is 3.78. The molecule has 1 aliphatic rings. The fourth-order valence-corrected chi connectivity index (χ4v) is 1.88. The molecule has 0 spiro atoms. The first-order valence-corrected chi connectivity index (χ1v) is 6.11. The molecule has 0 atom stereocenters. The van der Waals surface area contributed by atoms with Crippen molar-refractivity contribution in [1.29, 1.82) is 0 Å². The second kappa shape index (κ2) is 5.31. The van der Waals surface area contributed by atoms with E-state index in [-0.39, 0.29) is 5.91 Å². The molecular weight excluding hydrogens is 218 g/mol. The first-order valence-electron chi connectivity index (χ1n) is 6.11. The molecule has 1 amide bonds. The van der Waals surface area contributed by atoms with Gasteiger partial charge in [0.2, 0.25) is 0 Å². The highest BCUT2D eigenvalue weighted by Gasteiger charge is 2.19. The normalized spacial score (nSPS) is 14.5. The second-order valence-electron chi connectivity index (χ2n) is 4.37. The van der Waals surface area contributed by atoms with Gasteiger partial charge in [-0.1, -0.05) is 13.3 Å². The standard InChI is InChI=1S/C12H19N3O2/c1-3-4-5-14(2)12(16)10-8-15-6-7-17-9-11(15)13-10/h8H,3-7,9H2,1-2H3. The van der Waals surface area contributed by atoms with Crippen LogP contribution < -0.4 is 0 Å². The minimum atomic E-state index is 0.000324. The minimum Gasteiger partial charge on any atom is -0.372 e. The number of rotatable bonds is 4. The summed E-state index contributed by atoms with van der Waals surface area (Å²) in [6.07, 6.45) is 3.95. The van der Waals surface area contributed by atoms with Gasteiger partial charge in [-0.05, 0) is 6.42 Å². The van der Waals surface area contributed by atoms with Gasteiger partial charge in [-0.25, -0.2) is 4.98 Å². The van der Waals surface area contributed by atoms with E-state index in [0.717, 1.165) is 31.8 Å². The van der Waals surface area contributed by atoms with Gasteiger partial charge in [0.25, 0.3) is 5.91 Å². The average Bonchev–Trinajstić information content (AvgIpc) is 2.78. The Bertz CT molecular complexity index is 377. The lowest BCUT2D eigenvalue weighted by molar-refractivity contribution is 0.0785. The maximum absolute atomic E-state index is 12.1. The van der Waals surface area contributed by atoms with Gasteiger partial charge in [0, 0.05) is 26.3 Å². The number of hydrogen-bond donors (Lipinski definition) is 0. The molecule has 0 aromatic carbocycles. The van der Waals surface area contributed by atoms with E-state index in [2.05, 4.69) is 11.9 Å². The van der Waals surface area contributed by atoms with E-state index < -0.39 is 0 Å². The topological polar surface area (TPSA) is 47.4 Å². The molecule has 0 radical (unpaired) electrons. The molecule has 0 unspecified atom stereocenters. The SMILES string of the molecule is CCCCN(C)C(=O)c1cn2c(n1)COCC2. The third kappa shape index (κ3) is 2.66. The van der Waals surface area contributed by atoms with Gasteiger partial charge >= 0.3 is 0 Å². The van der Waals surface area contributed by atoms with Gasteiger partial charge in [-0.15, -0.1) is 0 Å². The Morgan fingerprint density at radius 3 is 3.18 bits per heavy atom. The van der Waals surface area contributed by atoms with Gasteiger partial charge in [0.1, 0.15) is 18.1 Å². The van der Waals surface area contributed by atoms with Crippen LogP contribution >= 0.6 is 0 Å². The van der Waals surface area contributed by atoms with Crippen molar-refractivity contribution in [2.45, 2.75) is 32.9 Å². The summed E-state index contributed by atoms with van der Waals surface area (Å²) in [6.45, 7) is 4.89. The molecule has 0 saturated carbocycles. The maximum Gasteiger partial charge on any atom is 0.273 e. The first kappa shape index (κ1) is 12.1. The molecule has 5 heteroatoms. The van der Waals surface area contributed by atoms with Crippen molar-refractivity contribution in [3.63, 3.8) is 0 Å². The van der Waals surface area contributed by atoms with Crippen molar-refractivity contribution in [1.82, 2.24) is 14.5 Å². The quantitative estimate of drug-likeness (QED) is 0.792. The summed E-state index contributed by atoms with van der Waals surface area (Å²) in [5.74, 6) is 0.851. The molecule has 2 rings (SSSR count). The fourth-order valence-electron chi connectivity index (χ4n) is 1.88. The zero-order valence-corrected chi connectivity index (χ0v) is 10.5. The van der Waals surface area contributed by atoms with Crippen molar-refractivity contribution in [3.8, 4) is 0 Å². The molecule has 2 heterocycles. The number of hydrogen-bond acceptors (Lipinski definition) is 3. The summed E-state index contributed by atoms with van der Waals surface area (Å²) in [7, 11) is 1.83. The zero-order chi connectivity index (χ0) is 12.3. The predicted molar refractivity (Wildman–Crippen MR) is 63.8 cm³/mol. The van der Waals surface area contributed by atoms with E-state index in [4.69, 9.17) is 4.74 Å². The first-order chi connectivity index (χ1) is 8.22. The lowest BCUT2D eigenvalue weighted by Crippen LogP contribution is -2.28. The molecule has 0 saturated heterocycles. The number of imidazole rings is 1. The molecule has 0 fully saturated rings. The zero-order valence-electron chi connectivity index (χ0n) is 10.5. The minimum absolute atomic E-state index is 0.000324. The predicted octanol–water partition coefficient (Wildman–Crippen LogP) is 1.29. The van der Waals surface area contributed by atoms with Crippen LogP contribution in [-0.4, -0.2) is 40.6 Å². The van der Waals surface area contributed by atoms with Crippen LogP contribution in [0, 0.1) is 0 Å². The van der Waals surface area contributed by atoms with Crippen LogP contribution in [-0.2, 0) is 17.9 Å². The van der Waals surface area contributed by atoms with Gasteiger partial charge in [-0.2, -0.15) is 0 Å². The van der Waals surface area contributed by atoms with Gasteiger partial charge < -0.3 is 14.2 Å². The lowest BCUT2D eigenvalue weighted by Gasteiger charge is -2.14. The number of unbranched alkanes of at least 4 members (excludes halogenated alkanes) is 1. The van der Waals surface area contributed by atoms with E-state index >= 15 is 0 Å². The van der Waals surface area contributed by atoms with Crippen LogP contribution in [0.25, 0.3) is 0 Å². The Morgan fingerprint density at radius 2 is 2.47 bits per heavy atom. The Labute approximate surface area is 101 Å². The van der Waals surface area contributed by atoms with Crippen LogP contribution in [0.1, 0.15) is 36.1 Å². The molecule has 1 aliphatic heterocycles. The van der Waals surface area contributed by atoms with Gasteiger partial charge in [0.15, 0.2) is 0 Å². The summed E-state index contributed by atoms with van der Waals surface area (Å²) >= 11 is 0. The molecular formula is C12H19N3O2.